The van der Waals surface area contributed by atoms with Crippen LogP contribution in [0.3, 0.4) is 0 Å². The van der Waals surface area contributed by atoms with Crippen molar-refractivity contribution < 1.29 is 55.1 Å². The van der Waals surface area contributed by atoms with Crippen molar-refractivity contribution in [3.05, 3.63) is 0 Å². The van der Waals surface area contributed by atoms with E-state index in [1.54, 1.807) is 0 Å². The average Bonchev–Trinajstić information content (AvgIpc) is 2.80. The van der Waals surface area contributed by atoms with Crippen LogP contribution in [0.1, 0.15) is 0 Å². The molecule has 0 amide bonds. The van der Waals surface area contributed by atoms with Gasteiger partial charge in [0.1, 0.15) is 49.3 Å². The monoisotopic (exact) mass is 342 g/mol. The molecule has 2 saturated heterocycles. The molecular formula is C12H22O11. The lowest BCUT2D eigenvalue weighted by atomic mass is 9.99. The fraction of sp³-hybridized carbons (Fsp3) is 1.00. The van der Waals surface area contributed by atoms with Gasteiger partial charge in [0, 0.05) is 0 Å². The lowest BCUT2D eigenvalue weighted by Gasteiger charge is -2.43. The van der Waals surface area contributed by atoms with E-state index in [-0.39, 0.29) is 0 Å². The van der Waals surface area contributed by atoms with E-state index in [0.717, 1.165) is 0 Å². The van der Waals surface area contributed by atoms with Crippen molar-refractivity contribution >= 4 is 0 Å². The smallest absolute Gasteiger partial charge is 0.224 e. The van der Waals surface area contributed by atoms with Crippen LogP contribution in [0.2, 0.25) is 0 Å². The fourth-order valence-electron chi connectivity index (χ4n) is 2.63. The Labute approximate surface area is 130 Å². The van der Waals surface area contributed by atoms with E-state index in [9.17, 15) is 30.6 Å². The van der Waals surface area contributed by atoms with Crippen LogP contribution >= 0.6 is 0 Å². The molecule has 23 heavy (non-hydrogen) atoms. The highest BCUT2D eigenvalue weighted by Crippen LogP contribution is 2.35. The van der Waals surface area contributed by atoms with E-state index in [1.165, 1.54) is 0 Å². The molecule has 0 spiro atoms. The summed E-state index contributed by atoms with van der Waals surface area (Å²) >= 11 is 0. The number of hydrogen-bond donors (Lipinski definition) is 8. The van der Waals surface area contributed by atoms with E-state index in [2.05, 4.69) is 0 Å². The summed E-state index contributed by atoms with van der Waals surface area (Å²) in [7, 11) is 0. The normalized spacial score (nSPS) is 51.1. The second-order valence-electron chi connectivity index (χ2n) is 5.56. The molecule has 0 unspecified atom stereocenters. The molecule has 11 heteroatoms. The van der Waals surface area contributed by atoms with Crippen LogP contribution in [-0.2, 0) is 14.2 Å². The molecule has 0 radical (unpaired) electrons. The Bertz CT molecular complexity index is 393. The van der Waals surface area contributed by atoms with E-state index in [1.807, 2.05) is 0 Å². The Morgan fingerprint density at radius 1 is 0.783 bits per heavy atom. The molecule has 2 aliphatic heterocycles. The summed E-state index contributed by atoms with van der Waals surface area (Å²) in [5.74, 6) is -2.22. The molecule has 2 heterocycles. The van der Waals surface area contributed by atoms with Crippen LogP contribution in [0, 0.1) is 0 Å². The number of aliphatic hydroxyl groups is 8. The number of rotatable bonds is 5. The lowest BCUT2D eigenvalue weighted by molar-refractivity contribution is -0.383. The molecule has 8 N–H and O–H groups in total. The molecule has 0 aliphatic carbocycles. The van der Waals surface area contributed by atoms with Gasteiger partial charge in [0.05, 0.1) is 13.2 Å². The SMILES string of the molecule is OC[C@@H]1O[C@H](O[C@]2(CO)O[C@@H](CO)[C@@H](O)[C@@H]2O)[C@@H](O)[C@H](O)[C@H]1O. The summed E-state index contributed by atoms with van der Waals surface area (Å²) in [5, 5.41) is 76.7. The largest absolute Gasteiger partial charge is 0.394 e. The van der Waals surface area contributed by atoms with Crippen molar-refractivity contribution in [2.45, 2.75) is 54.8 Å². The van der Waals surface area contributed by atoms with Crippen LogP contribution in [0.4, 0.5) is 0 Å². The quantitative estimate of drug-likeness (QED) is 0.238. The zero-order valence-electron chi connectivity index (χ0n) is 12.0. The van der Waals surface area contributed by atoms with Gasteiger partial charge in [-0.3, -0.25) is 0 Å². The molecule has 2 aliphatic rings. The molecule has 2 fully saturated rings. The summed E-state index contributed by atoms with van der Waals surface area (Å²) in [6, 6.07) is 0. The van der Waals surface area contributed by atoms with Crippen LogP contribution in [0.25, 0.3) is 0 Å². The summed E-state index contributed by atoms with van der Waals surface area (Å²) in [6.45, 7) is -2.32. The van der Waals surface area contributed by atoms with Crippen LogP contribution in [0.5, 0.6) is 0 Å². The molecule has 11 nitrogen and oxygen atoms in total. The third kappa shape index (κ3) is 3.23. The van der Waals surface area contributed by atoms with Gasteiger partial charge in [-0.1, -0.05) is 0 Å². The topological polar surface area (TPSA) is 190 Å². The summed E-state index contributed by atoms with van der Waals surface area (Å²) < 4.78 is 15.4. The molecule has 9 atom stereocenters. The van der Waals surface area contributed by atoms with Crippen molar-refractivity contribution in [2.75, 3.05) is 19.8 Å². The maximum absolute atomic E-state index is 10.00. The maximum Gasteiger partial charge on any atom is 0.224 e. The minimum absolute atomic E-state index is 0.669. The van der Waals surface area contributed by atoms with Gasteiger partial charge in [-0.25, -0.2) is 0 Å². The maximum atomic E-state index is 10.00. The number of aliphatic hydroxyl groups excluding tert-OH is 8. The fourth-order valence-corrected chi connectivity index (χ4v) is 2.63. The molecule has 0 aromatic rings. The van der Waals surface area contributed by atoms with Gasteiger partial charge in [-0.15, -0.1) is 0 Å². The Hall–Kier alpha value is -0.440. The van der Waals surface area contributed by atoms with Gasteiger partial charge in [0.25, 0.3) is 0 Å². The molecule has 0 saturated carbocycles. The van der Waals surface area contributed by atoms with Crippen molar-refractivity contribution in [2.24, 2.45) is 0 Å². The van der Waals surface area contributed by atoms with Crippen LogP contribution in [-0.4, -0.2) is 115 Å². The standard InChI is InChI=1S/C12H22O11/c13-1-4-6(16)8(18)9(19)11(21-4)23-12(3-15)10(20)7(17)5(2-14)22-12/h4-11,13-20H,1-3H2/t4-,5-,6-,7+,8+,9-,10-,11+,12-/m0/s1. The van der Waals surface area contributed by atoms with Crippen molar-refractivity contribution in [1.82, 2.24) is 0 Å². The number of ether oxygens (including phenoxy) is 3. The van der Waals surface area contributed by atoms with Crippen molar-refractivity contribution in [1.29, 1.82) is 0 Å². The first-order chi connectivity index (χ1) is 10.8. The van der Waals surface area contributed by atoms with E-state index < -0.39 is 74.6 Å². The Morgan fingerprint density at radius 2 is 1.39 bits per heavy atom. The van der Waals surface area contributed by atoms with Gasteiger partial charge >= 0.3 is 0 Å². The van der Waals surface area contributed by atoms with E-state index >= 15 is 0 Å². The highest BCUT2D eigenvalue weighted by molar-refractivity contribution is 4.98. The minimum Gasteiger partial charge on any atom is -0.394 e. The Morgan fingerprint density at radius 3 is 1.87 bits per heavy atom. The predicted octanol–water partition coefficient (Wildman–Crippen LogP) is -5.40. The predicted molar refractivity (Wildman–Crippen MR) is 68.6 cm³/mol. The van der Waals surface area contributed by atoms with Crippen LogP contribution in [0.15, 0.2) is 0 Å². The summed E-state index contributed by atoms with van der Waals surface area (Å²) in [4.78, 5) is 0. The second kappa shape index (κ2) is 7.21. The Kier molecular flexibility index (Phi) is 5.92. The molecule has 2 rings (SSSR count). The zero-order chi connectivity index (χ0) is 17.4. The third-order valence-corrected chi connectivity index (χ3v) is 4.07. The molecule has 0 aromatic heterocycles. The highest BCUT2D eigenvalue weighted by atomic mass is 16.8. The van der Waals surface area contributed by atoms with Gasteiger partial charge in [0.2, 0.25) is 5.79 Å². The van der Waals surface area contributed by atoms with Crippen molar-refractivity contribution in [3.8, 4) is 0 Å². The number of hydrogen-bond acceptors (Lipinski definition) is 11. The van der Waals surface area contributed by atoms with Gasteiger partial charge < -0.3 is 55.1 Å². The molecule has 136 valence electrons. The first-order valence-electron chi connectivity index (χ1n) is 7.05. The van der Waals surface area contributed by atoms with Crippen molar-refractivity contribution in [3.63, 3.8) is 0 Å². The summed E-state index contributed by atoms with van der Waals surface area (Å²) in [5.41, 5.74) is 0. The van der Waals surface area contributed by atoms with Crippen LogP contribution < -0.4 is 0 Å². The molecular weight excluding hydrogens is 320 g/mol. The minimum atomic E-state index is -2.22. The van der Waals surface area contributed by atoms with E-state index in [0.29, 0.717) is 0 Å². The highest BCUT2D eigenvalue weighted by Gasteiger charge is 2.58. The summed E-state index contributed by atoms with van der Waals surface area (Å²) in [6.07, 6.45) is -12.7. The molecule has 0 bridgehead atoms. The second-order valence-corrected chi connectivity index (χ2v) is 5.56. The van der Waals surface area contributed by atoms with Gasteiger partial charge in [-0.2, -0.15) is 0 Å². The average molecular weight is 342 g/mol. The molecule has 0 aromatic carbocycles. The van der Waals surface area contributed by atoms with E-state index in [4.69, 9.17) is 24.4 Å². The Balaban J connectivity index is 2.18. The van der Waals surface area contributed by atoms with Gasteiger partial charge in [-0.05, 0) is 0 Å². The first kappa shape index (κ1) is 18.9. The first-order valence-corrected chi connectivity index (χ1v) is 7.05. The van der Waals surface area contributed by atoms with Gasteiger partial charge in [0.15, 0.2) is 6.29 Å². The zero-order valence-corrected chi connectivity index (χ0v) is 12.0. The lowest BCUT2D eigenvalue weighted by Crippen LogP contribution is -2.62. The third-order valence-electron chi connectivity index (χ3n) is 4.07.